The van der Waals surface area contributed by atoms with E-state index in [-0.39, 0.29) is 101 Å². The van der Waals surface area contributed by atoms with Crippen molar-refractivity contribution in [2.24, 2.45) is 4.99 Å². The molecular formula is C54H47N13O14S6. The van der Waals surface area contributed by atoms with Crippen LogP contribution in [0.2, 0.25) is 0 Å². The molecule has 3 aliphatic heterocycles. The van der Waals surface area contributed by atoms with Gasteiger partial charge in [-0.25, -0.2) is 39.5 Å². The molecule has 3 aliphatic rings. The number of aromatic nitrogens is 6. The third-order valence-corrected chi connectivity index (χ3v) is 18.9. The molecule has 0 fully saturated rings. The number of esters is 1. The van der Waals surface area contributed by atoms with Gasteiger partial charge in [-0.2, -0.15) is 0 Å². The van der Waals surface area contributed by atoms with Gasteiger partial charge in [-0.3, -0.25) is 33.6 Å². The summed E-state index contributed by atoms with van der Waals surface area (Å²) in [7, 11) is 0. The number of benzene rings is 1. The number of rotatable bonds is 7. The van der Waals surface area contributed by atoms with Crippen LogP contribution in [-0.2, 0) is 30.5 Å². The third kappa shape index (κ3) is 13.2. The summed E-state index contributed by atoms with van der Waals surface area (Å²) in [6.07, 6.45) is -4.03. The summed E-state index contributed by atoms with van der Waals surface area (Å²) >= 11 is 5.69. The Labute approximate surface area is 515 Å². The van der Waals surface area contributed by atoms with E-state index in [9.17, 15) is 58.5 Å². The number of H-pyrrole nitrogens is 1. The molecule has 12 bridgehead atoms. The number of nitrogens with zero attached hydrogens (tertiary/aromatic N) is 6. The SMILES string of the molecule is C=C(NC(=O)C(=C)NC(=O)c1csc(C2=NC3=C(C[C@@H]2O)c2nc(cs2)C(=O)N[C@@H]([C@@H](C)O)C(=O)N/C(=C\C)c2nc(cs2)C(=O)N[C@H]2CC(O)C(=O)OCc4cccc5[nH]c(c(C)c45)C(=O)SC[C@H](NC(=O)c4csc2n4)c2nc3cs2)n1)C(=O)O. The lowest BCUT2D eigenvalue weighted by molar-refractivity contribution is -0.155. The van der Waals surface area contributed by atoms with E-state index in [1.807, 2.05) is 5.32 Å². The van der Waals surface area contributed by atoms with Crippen LogP contribution < -0.4 is 31.9 Å². The first kappa shape index (κ1) is 61.3. The number of thiazole rings is 5. The van der Waals surface area contributed by atoms with Crippen molar-refractivity contribution < 1.29 is 68.3 Å². The lowest BCUT2D eigenvalue weighted by atomic mass is 9.98. The van der Waals surface area contributed by atoms with E-state index in [0.29, 0.717) is 22.0 Å². The number of allylic oxidation sites excluding steroid dienone is 1. The van der Waals surface area contributed by atoms with Gasteiger partial charge in [-0.1, -0.05) is 43.1 Å². The second-order valence-electron chi connectivity index (χ2n) is 19.3. The Morgan fingerprint density at radius 1 is 0.770 bits per heavy atom. The zero-order valence-electron chi connectivity index (χ0n) is 45.4. The summed E-state index contributed by atoms with van der Waals surface area (Å²) in [4.78, 5) is 153. The number of ether oxygens (including phenoxy) is 1. The summed E-state index contributed by atoms with van der Waals surface area (Å²) in [5, 5.41) is 66.4. The average molecular weight is 1290 g/mol. The molecule has 0 spiro atoms. The fraction of sp³-hybridized carbons (Fsp3) is 0.241. The second-order valence-corrected chi connectivity index (χ2v) is 24.7. The van der Waals surface area contributed by atoms with Crippen molar-refractivity contribution >= 4 is 155 Å². The number of thioether (sulfide) groups is 1. The zero-order valence-corrected chi connectivity index (χ0v) is 50.3. The van der Waals surface area contributed by atoms with Crippen LogP contribution in [0.4, 0.5) is 0 Å². The Bertz CT molecular complexity index is 4150. The molecule has 11 N–H and O–H groups in total. The first-order valence-corrected chi connectivity index (χ1v) is 31.2. The number of hydrogen-bond donors (Lipinski definition) is 11. The zero-order chi connectivity index (χ0) is 62.1. The van der Waals surface area contributed by atoms with Gasteiger partial charge in [0.1, 0.15) is 83.7 Å². The van der Waals surface area contributed by atoms with Crippen LogP contribution in [0.3, 0.4) is 0 Å². The highest BCUT2D eigenvalue weighted by Gasteiger charge is 2.36. The predicted octanol–water partition coefficient (Wildman–Crippen LogP) is 4.13. The molecule has 6 atom stereocenters. The molecule has 27 nitrogen and oxygen atoms in total. The number of carbonyl (C=O) groups excluding carboxylic acids is 8. The number of aryl methyl sites for hydroxylation is 1. The van der Waals surface area contributed by atoms with Crippen LogP contribution in [0.25, 0.3) is 27.9 Å². The molecule has 6 amide bonds. The summed E-state index contributed by atoms with van der Waals surface area (Å²) < 4.78 is 5.63. The molecule has 448 valence electrons. The van der Waals surface area contributed by atoms with Crippen molar-refractivity contribution in [1.29, 1.82) is 0 Å². The van der Waals surface area contributed by atoms with Crippen molar-refractivity contribution in [1.82, 2.24) is 61.8 Å². The van der Waals surface area contributed by atoms with Gasteiger partial charge in [-0.05, 0) is 38.0 Å². The molecule has 0 radical (unpaired) electrons. The molecule has 33 heteroatoms. The number of nitrogens with one attached hydrogen (secondary N) is 7. The number of aromatic amines is 1. The van der Waals surface area contributed by atoms with E-state index in [0.717, 1.165) is 68.4 Å². The average Bonchev–Trinajstić information content (AvgIpc) is 2.05. The smallest absolute Gasteiger partial charge is 0.351 e. The van der Waals surface area contributed by atoms with Gasteiger partial charge < -0.3 is 62.0 Å². The number of aliphatic hydroxyl groups excluding tert-OH is 3. The van der Waals surface area contributed by atoms with E-state index < -0.39 is 107 Å². The van der Waals surface area contributed by atoms with Crippen LogP contribution in [0, 0.1) is 6.92 Å². The Hall–Kier alpha value is -8.80. The van der Waals surface area contributed by atoms with Crippen molar-refractivity contribution in [2.45, 2.75) is 76.7 Å². The van der Waals surface area contributed by atoms with Crippen LogP contribution in [-0.4, -0.2) is 139 Å². The van der Waals surface area contributed by atoms with Gasteiger partial charge in [0.25, 0.3) is 29.5 Å². The minimum absolute atomic E-state index is 0.0390. The number of aliphatic hydroxyl groups is 3. The largest absolute Gasteiger partial charge is 0.477 e. The maximum Gasteiger partial charge on any atom is 0.351 e. The van der Waals surface area contributed by atoms with Gasteiger partial charge in [0.2, 0.25) is 11.0 Å². The minimum Gasteiger partial charge on any atom is -0.477 e. The quantitative estimate of drug-likeness (QED) is 0.0789. The number of carboxylic acids is 1. The lowest BCUT2D eigenvalue weighted by Crippen LogP contribution is -2.52. The second kappa shape index (κ2) is 25.6. The lowest BCUT2D eigenvalue weighted by Gasteiger charge is -2.21. The normalized spacial score (nSPS) is 20.6. The van der Waals surface area contributed by atoms with E-state index in [2.05, 4.69) is 64.7 Å². The minimum atomic E-state index is -1.85. The van der Waals surface area contributed by atoms with Gasteiger partial charge in [0.05, 0.1) is 41.0 Å². The number of fused-ring (bicyclic) bond motifs is 12. The van der Waals surface area contributed by atoms with E-state index in [4.69, 9.17) is 19.8 Å². The number of carbonyl (C=O) groups is 9. The molecule has 1 aromatic carbocycles. The Balaban J connectivity index is 1.08. The predicted molar refractivity (Wildman–Crippen MR) is 321 cm³/mol. The van der Waals surface area contributed by atoms with Gasteiger partial charge in [0.15, 0.2) is 6.10 Å². The van der Waals surface area contributed by atoms with Crippen LogP contribution >= 0.6 is 68.4 Å². The molecule has 10 rings (SSSR count). The van der Waals surface area contributed by atoms with Crippen LogP contribution in [0.1, 0.15) is 133 Å². The topological polar surface area (TPSA) is 409 Å². The Morgan fingerprint density at radius 2 is 1.40 bits per heavy atom. The number of hydrogen-bond acceptors (Lipinski definition) is 25. The fourth-order valence-corrected chi connectivity index (χ4v) is 14.2. The molecule has 0 saturated carbocycles. The van der Waals surface area contributed by atoms with Crippen molar-refractivity contribution in [3.05, 3.63) is 146 Å². The maximum atomic E-state index is 14.5. The maximum absolute atomic E-state index is 14.5. The summed E-state index contributed by atoms with van der Waals surface area (Å²) in [5.41, 5.74) is 0.407. The van der Waals surface area contributed by atoms with Crippen LogP contribution in [0.5, 0.6) is 0 Å². The van der Waals surface area contributed by atoms with Gasteiger partial charge >= 0.3 is 11.9 Å². The summed E-state index contributed by atoms with van der Waals surface area (Å²) in [5.74, 6) is -7.97. The molecule has 6 aromatic heterocycles. The number of aliphatic imine (C=N–C) groups is 1. The summed E-state index contributed by atoms with van der Waals surface area (Å²) in [6.45, 7) is 11.0. The Morgan fingerprint density at radius 3 is 2.11 bits per heavy atom. The standard InChI is InChI=1S/C54H47N13O14S6/c1-6-25-48-63-30(15-84-48)43(73)59-27-11-35(70)53(79)81-12-23-8-7-9-26-36(23)19(2)37(57-26)54(80)87-18-33(60-44(74)31-16-85-49(27)64-31)50-61-28(13-83-50)39-24(47-62-32(14-82-47)45(75)67-38(22(5)68)46(76)58-25)10-34(69)40(66-39)51-65-29(17-86-51)42(72)55-20(3)41(71)56-21(4)52(77)78/h6-9,13-17,22,27,33-35,38,57,68-70H,3-4,10-12,18H2,1-2,5H3,(H,55,72)(H,56,71)(H,58,76)(H,59,73)(H,60,74)(H,67,75)(H,77,78)/b25-6-/t22-,27+,33+,34+,35?,38+/m1/s1. The van der Waals surface area contributed by atoms with Gasteiger partial charge in [0, 0.05) is 62.0 Å². The third-order valence-electron chi connectivity index (χ3n) is 13.4. The van der Waals surface area contributed by atoms with Crippen LogP contribution in [0.15, 0.2) is 80.7 Å². The molecule has 87 heavy (non-hydrogen) atoms. The van der Waals surface area contributed by atoms with E-state index >= 15 is 0 Å². The molecular weight excluding hydrogens is 1250 g/mol. The monoisotopic (exact) mass is 1290 g/mol. The number of amides is 6. The highest BCUT2D eigenvalue weighted by molar-refractivity contribution is 8.14. The molecule has 0 aliphatic carbocycles. The molecule has 1 unspecified atom stereocenters. The highest BCUT2D eigenvalue weighted by atomic mass is 32.2. The fourth-order valence-electron chi connectivity index (χ4n) is 8.95. The van der Waals surface area contributed by atoms with Gasteiger partial charge in [-0.15, -0.1) is 56.7 Å². The highest BCUT2D eigenvalue weighted by Crippen LogP contribution is 2.40. The number of carboxylic acid groups (broad SMARTS) is 1. The summed E-state index contributed by atoms with van der Waals surface area (Å²) in [6, 6.07) is 1.27. The number of cyclic esters (lactones) is 1. The number of aliphatic carboxylic acids is 1. The van der Waals surface area contributed by atoms with E-state index in [1.54, 1.807) is 37.4 Å². The molecule has 7 aromatic rings. The van der Waals surface area contributed by atoms with Crippen molar-refractivity contribution in [3.8, 4) is 0 Å². The van der Waals surface area contributed by atoms with Crippen molar-refractivity contribution in [3.63, 3.8) is 0 Å². The first-order chi connectivity index (χ1) is 41.5. The first-order valence-electron chi connectivity index (χ1n) is 25.8. The Kier molecular flexibility index (Phi) is 18.1. The van der Waals surface area contributed by atoms with Crippen molar-refractivity contribution in [2.75, 3.05) is 5.75 Å². The molecule has 9 heterocycles. The molecule has 0 saturated heterocycles. The van der Waals surface area contributed by atoms with E-state index in [1.165, 1.54) is 34.5 Å².